The first-order valence-corrected chi connectivity index (χ1v) is 22.4. The van der Waals surface area contributed by atoms with Gasteiger partial charge in [-0.3, -0.25) is 0 Å². The molecule has 2 aliphatic rings. The normalized spacial score (nSPS) is 15.0. The molecule has 0 aliphatic heterocycles. The third-order valence-corrected chi connectivity index (χ3v) is 14.6. The lowest BCUT2D eigenvalue weighted by molar-refractivity contribution is 0.661. The van der Waals surface area contributed by atoms with Crippen LogP contribution in [0.5, 0.6) is 0 Å². The average Bonchev–Trinajstić information content (AvgIpc) is 3.56. The van der Waals surface area contributed by atoms with Gasteiger partial charge in [-0.25, -0.2) is 0 Å². The molecular formula is C63H44. The van der Waals surface area contributed by atoms with Crippen molar-refractivity contribution in [2.24, 2.45) is 0 Å². The minimum atomic E-state index is -0.209. The number of allylic oxidation sites excluding steroid dienone is 1. The highest BCUT2D eigenvalue weighted by Gasteiger charge is 2.36. The maximum Gasteiger partial charge on any atom is 0.0159 e. The van der Waals surface area contributed by atoms with E-state index in [1.807, 2.05) is 0 Å². The van der Waals surface area contributed by atoms with Crippen LogP contribution in [0.2, 0.25) is 0 Å². The minimum absolute atomic E-state index is 0.209. The fraction of sp³-hybridized carbons (Fsp3) is 0.0794. The SMILES string of the molecule is CC1(C)c2cc(-c3c4ccccc4c(-c4ccc5ccccc5c4)c4ccccc34)ccc2-c2ccc(-c3c4ccccc4c(C4C=Cc5ccccc5C4)c4ccccc34)cc21. The standard InChI is InChI=1S/C63H44/c1-63(2)57-37-45(61-53-23-11-7-19-49(53)59(50-20-8-12-24-54(50)61)43-29-27-39-15-3-5-17-41(39)35-43)31-33-47(57)48-34-32-46(38-58(48)63)62-55-25-13-9-21-51(55)60(52-22-10-14-26-56(52)62)44-30-28-40-16-4-6-18-42(40)36-44/h3-35,37-38,44H,36H2,1-2H3. The molecule has 11 aromatic carbocycles. The molecule has 2 aliphatic carbocycles. The third-order valence-electron chi connectivity index (χ3n) is 14.6. The molecular weight excluding hydrogens is 757 g/mol. The first kappa shape index (κ1) is 36.1. The monoisotopic (exact) mass is 800 g/mol. The number of hydrogen-bond acceptors (Lipinski definition) is 0. The van der Waals surface area contributed by atoms with Crippen LogP contribution in [0, 0.1) is 0 Å². The van der Waals surface area contributed by atoms with E-state index in [9.17, 15) is 0 Å². The summed E-state index contributed by atoms with van der Waals surface area (Å²) in [6.07, 6.45) is 5.77. The van der Waals surface area contributed by atoms with Gasteiger partial charge in [0.1, 0.15) is 0 Å². The predicted molar refractivity (Wildman–Crippen MR) is 270 cm³/mol. The van der Waals surface area contributed by atoms with E-state index in [2.05, 4.69) is 226 Å². The Bertz CT molecular complexity index is 3630. The van der Waals surface area contributed by atoms with Gasteiger partial charge in [0.2, 0.25) is 0 Å². The van der Waals surface area contributed by atoms with E-state index in [1.165, 1.54) is 126 Å². The number of hydrogen-bond donors (Lipinski definition) is 0. The summed E-state index contributed by atoms with van der Waals surface area (Å²) < 4.78 is 0. The van der Waals surface area contributed by atoms with Crippen molar-refractivity contribution in [3.63, 3.8) is 0 Å². The summed E-state index contributed by atoms with van der Waals surface area (Å²) in [6.45, 7) is 4.85. The second-order valence-electron chi connectivity index (χ2n) is 18.3. The van der Waals surface area contributed by atoms with E-state index in [0.717, 1.165) is 6.42 Å². The molecule has 0 N–H and O–H groups in total. The van der Waals surface area contributed by atoms with Crippen LogP contribution < -0.4 is 0 Å². The van der Waals surface area contributed by atoms with Crippen molar-refractivity contribution in [2.75, 3.05) is 0 Å². The van der Waals surface area contributed by atoms with Gasteiger partial charge in [-0.1, -0.05) is 208 Å². The molecule has 0 spiro atoms. The van der Waals surface area contributed by atoms with Crippen LogP contribution in [0.15, 0.2) is 206 Å². The number of benzene rings is 11. The second-order valence-corrected chi connectivity index (χ2v) is 18.3. The summed E-state index contributed by atoms with van der Waals surface area (Å²) in [7, 11) is 0. The molecule has 0 heterocycles. The average molecular weight is 801 g/mol. The fourth-order valence-electron chi connectivity index (χ4n) is 11.6. The predicted octanol–water partition coefficient (Wildman–Crippen LogP) is 17.1. The molecule has 0 radical (unpaired) electrons. The van der Waals surface area contributed by atoms with E-state index >= 15 is 0 Å². The summed E-state index contributed by atoms with van der Waals surface area (Å²) in [5, 5.41) is 13.0. The second kappa shape index (κ2) is 13.7. The lowest BCUT2D eigenvalue weighted by Gasteiger charge is -2.26. The first-order chi connectivity index (χ1) is 31.0. The molecule has 1 atom stereocenters. The first-order valence-electron chi connectivity index (χ1n) is 22.4. The summed E-state index contributed by atoms with van der Waals surface area (Å²) in [5.41, 5.74) is 17.1. The van der Waals surface area contributed by atoms with Gasteiger partial charge in [0, 0.05) is 11.3 Å². The zero-order chi connectivity index (χ0) is 41.8. The lowest BCUT2D eigenvalue weighted by atomic mass is 9.78. The molecule has 0 saturated carbocycles. The zero-order valence-corrected chi connectivity index (χ0v) is 35.5. The Balaban J connectivity index is 0.959. The topological polar surface area (TPSA) is 0 Å². The van der Waals surface area contributed by atoms with Crippen LogP contribution in [-0.4, -0.2) is 0 Å². The van der Waals surface area contributed by atoms with Crippen molar-refractivity contribution in [2.45, 2.75) is 31.6 Å². The van der Waals surface area contributed by atoms with Crippen LogP contribution in [0.1, 0.15) is 47.6 Å². The Hall–Kier alpha value is -7.54. The molecule has 0 fully saturated rings. The van der Waals surface area contributed by atoms with Gasteiger partial charge in [0.05, 0.1) is 0 Å². The van der Waals surface area contributed by atoms with Gasteiger partial charge in [0.15, 0.2) is 0 Å². The van der Waals surface area contributed by atoms with E-state index in [0.29, 0.717) is 5.92 Å². The number of rotatable bonds is 4. The Kier molecular flexibility index (Phi) is 7.88. The Morgan fingerprint density at radius 2 is 0.794 bits per heavy atom. The van der Waals surface area contributed by atoms with Gasteiger partial charge in [-0.2, -0.15) is 0 Å². The smallest absolute Gasteiger partial charge is 0.0159 e. The highest BCUT2D eigenvalue weighted by atomic mass is 14.4. The Morgan fingerprint density at radius 1 is 0.381 bits per heavy atom. The van der Waals surface area contributed by atoms with E-state index in [1.54, 1.807) is 0 Å². The van der Waals surface area contributed by atoms with Crippen molar-refractivity contribution < 1.29 is 0 Å². The van der Waals surface area contributed by atoms with E-state index in [4.69, 9.17) is 0 Å². The van der Waals surface area contributed by atoms with Crippen molar-refractivity contribution in [3.05, 3.63) is 234 Å². The van der Waals surface area contributed by atoms with Gasteiger partial charge in [-0.15, -0.1) is 0 Å². The molecule has 63 heavy (non-hydrogen) atoms. The Labute approximate surface area is 368 Å². The quantitative estimate of drug-likeness (QED) is 0.156. The number of fused-ring (bicyclic) bond motifs is 9. The third kappa shape index (κ3) is 5.41. The van der Waals surface area contributed by atoms with Crippen molar-refractivity contribution in [3.8, 4) is 44.5 Å². The highest BCUT2D eigenvalue weighted by Crippen LogP contribution is 2.53. The van der Waals surface area contributed by atoms with Crippen molar-refractivity contribution >= 4 is 59.9 Å². The van der Waals surface area contributed by atoms with Crippen LogP contribution in [0.25, 0.3) is 104 Å². The summed E-state index contributed by atoms with van der Waals surface area (Å²) in [4.78, 5) is 0. The minimum Gasteiger partial charge on any atom is -0.0760 e. The molecule has 11 aromatic rings. The lowest BCUT2D eigenvalue weighted by Crippen LogP contribution is -2.15. The van der Waals surface area contributed by atoms with Crippen LogP contribution in [-0.2, 0) is 11.8 Å². The molecule has 13 rings (SSSR count). The van der Waals surface area contributed by atoms with Gasteiger partial charge in [-0.05, 0) is 151 Å². The van der Waals surface area contributed by atoms with E-state index in [-0.39, 0.29) is 5.41 Å². The molecule has 0 bridgehead atoms. The largest absolute Gasteiger partial charge is 0.0760 e. The molecule has 0 heteroatoms. The van der Waals surface area contributed by atoms with Crippen LogP contribution >= 0.6 is 0 Å². The molecule has 0 amide bonds. The summed E-state index contributed by atoms with van der Waals surface area (Å²) in [6, 6.07) is 75.4. The van der Waals surface area contributed by atoms with Crippen molar-refractivity contribution in [1.82, 2.24) is 0 Å². The van der Waals surface area contributed by atoms with Crippen LogP contribution in [0.4, 0.5) is 0 Å². The Morgan fingerprint density at radius 3 is 1.33 bits per heavy atom. The van der Waals surface area contributed by atoms with Gasteiger partial charge in [0.25, 0.3) is 0 Å². The highest BCUT2D eigenvalue weighted by molar-refractivity contribution is 6.22. The molecule has 0 nitrogen and oxygen atoms in total. The molecule has 296 valence electrons. The summed E-state index contributed by atoms with van der Waals surface area (Å²) in [5.74, 6) is 0.301. The maximum absolute atomic E-state index is 2.52. The molecule has 0 saturated heterocycles. The summed E-state index contributed by atoms with van der Waals surface area (Å²) >= 11 is 0. The van der Waals surface area contributed by atoms with Gasteiger partial charge < -0.3 is 0 Å². The van der Waals surface area contributed by atoms with Crippen LogP contribution in [0.3, 0.4) is 0 Å². The van der Waals surface area contributed by atoms with Gasteiger partial charge >= 0.3 is 0 Å². The fourth-order valence-corrected chi connectivity index (χ4v) is 11.6. The maximum atomic E-state index is 2.52. The molecule has 1 unspecified atom stereocenters. The zero-order valence-electron chi connectivity index (χ0n) is 35.5. The van der Waals surface area contributed by atoms with Crippen molar-refractivity contribution in [1.29, 1.82) is 0 Å². The molecule has 0 aromatic heterocycles. The van der Waals surface area contributed by atoms with E-state index < -0.39 is 0 Å².